The number of hydrogen-bond acceptors (Lipinski definition) is 2. The predicted octanol–water partition coefficient (Wildman–Crippen LogP) is 14.7. The first-order chi connectivity index (χ1) is 28.3. The number of benzene rings is 9. The normalized spacial score (nSPS) is 14.7. The Morgan fingerprint density at radius 1 is 0.351 bits per heavy atom. The molecule has 1 heterocycles. The molecular weight excluding hydrogens is 691 g/mol. The van der Waals surface area contributed by atoms with Gasteiger partial charge in [0.15, 0.2) is 0 Å². The van der Waals surface area contributed by atoms with Crippen molar-refractivity contribution in [2.75, 3.05) is 4.90 Å². The van der Waals surface area contributed by atoms with Gasteiger partial charge in [-0.25, -0.2) is 0 Å². The van der Waals surface area contributed by atoms with Gasteiger partial charge in [0.05, 0.1) is 11.1 Å². The number of anilines is 3. The Balaban J connectivity index is 1.24. The molecule has 2 nitrogen and oxygen atoms in total. The van der Waals surface area contributed by atoms with Crippen molar-refractivity contribution in [3.05, 3.63) is 235 Å². The van der Waals surface area contributed by atoms with Gasteiger partial charge in [-0.1, -0.05) is 170 Å². The lowest BCUT2D eigenvalue weighted by molar-refractivity contribution is 0.668. The van der Waals surface area contributed by atoms with Crippen LogP contribution in [0.5, 0.6) is 0 Å². The van der Waals surface area contributed by atoms with Crippen LogP contribution in [0.1, 0.15) is 22.3 Å². The Hall–Kier alpha value is -7.42. The van der Waals surface area contributed by atoms with E-state index in [4.69, 9.17) is 4.42 Å². The zero-order chi connectivity index (χ0) is 37.5. The van der Waals surface area contributed by atoms with E-state index in [-0.39, 0.29) is 0 Å². The van der Waals surface area contributed by atoms with E-state index in [2.05, 4.69) is 217 Å². The number of fused-ring (bicyclic) bond motifs is 16. The summed E-state index contributed by atoms with van der Waals surface area (Å²) in [4.78, 5) is 2.44. The maximum Gasteiger partial charge on any atom is 0.136 e. The van der Waals surface area contributed by atoms with Crippen molar-refractivity contribution < 1.29 is 4.42 Å². The molecule has 266 valence electrons. The van der Waals surface area contributed by atoms with Crippen LogP contribution in [0, 0.1) is 0 Å². The molecule has 0 fully saturated rings. The van der Waals surface area contributed by atoms with Crippen LogP contribution in [0.2, 0.25) is 0 Å². The largest absolute Gasteiger partial charge is 0.456 e. The highest BCUT2D eigenvalue weighted by molar-refractivity contribution is 6.16. The molecule has 9 aromatic carbocycles. The molecule has 1 aromatic heterocycles. The van der Waals surface area contributed by atoms with Crippen LogP contribution < -0.4 is 4.90 Å². The molecule has 0 saturated carbocycles. The highest BCUT2D eigenvalue weighted by Gasteiger charge is 2.50. The molecule has 0 saturated heterocycles. The van der Waals surface area contributed by atoms with Gasteiger partial charge >= 0.3 is 0 Å². The number of para-hydroxylation sites is 3. The van der Waals surface area contributed by atoms with Crippen LogP contribution in [0.15, 0.2) is 217 Å². The molecule has 12 rings (SSSR count). The lowest BCUT2D eigenvalue weighted by Gasteiger charge is -2.36. The van der Waals surface area contributed by atoms with Gasteiger partial charge in [0.2, 0.25) is 0 Å². The minimum atomic E-state index is -0.652. The number of hydrogen-bond donors (Lipinski definition) is 0. The van der Waals surface area contributed by atoms with Crippen LogP contribution in [-0.4, -0.2) is 0 Å². The fraction of sp³-hybridized carbons (Fsp3) is 0.0182. The van der Waals surface area contributed by atoms with Crippen LogP contribution in [0.25, 0.3) is 66.4 Å². The number of nitrogens with zero attached hydrogens (tertiary/aromatic N) is 1. The molecule has 57 heavy (non-hydrogen) atoms. The van der Waals surface area contributed by atoms with Gasteiger partial charge in [-0.05, 0) is 104 Å². The van der Waals surface area contributed by atoms with Crippen molar-refractivity contribution in [1.82, 2.24) is 0 Å². The first-order valence-corrected chi connectivity index (χ1v) is 19.7. The lowest BCUT2D eigenvalue weighted by Crippen LogP contribution is -2.29. The van der Waals surface area contributed by atoms with Gasteiger partial charge in [-0.2, -0.15) is 0 Å². The van der Waals surface area contributed by atoms with Crippen molar-refractivity contribution in [2.24, 2.45) is 0 Å². The molecule has 0 aliphatic heterocycles. The van der Waals surface area contributed by atoms with E-state index in [9.17, 15) is 0 Å². The average molecular weight is 726 g/mol. The Bertz CT molecular complexity index is 3190. The summed E-state index contributed by atoms with van der Waals surface area (Å²) in [6, 6.07) is 77.7. The molecule has 0 N–H and O–H groups in total. The molecule has 1 atom stereocenters. The second-order valence-electron chi connectivity index (χ2n) is 15.1. The Morgan fingerprint density at radius 2 is 0.930 bits per heavy atom. The van der Waals surface area contributed by atoms with Crippen molar-refractivity contribution in [3.63, 3.8) is 0 Å². The fourth-order valence-corrected chi connectivity index (χ4v) is 10.1. The van der Waals surface area contributed by atoms with E-state index in [0.29, 0.717) is 0 Å². The van der Waals surface area contributed by atoms with Gasteiger partial charge in [-0.3, -0.25) is 0 Å². The standard InChI is InChI=1S/C55H35NO/c1-3-17-36(18-4-1)39-21-11-15-29-50(39)56(37-19-5-2-6-20-37)38-31-32-43-41-23-8-7-22-40(41)42-24-9-13-27-46(42)55(49(43)35-38)47-28-14-10-25-44(47)53-48(55)33-34-52-54(53)45-26-12-16-30-51(45)57-52/h1-35H. The second kappa shape index (κ2) is 12.3. The molecule has 1 spiro atoms. The van der Waals surface area contributed by atoms with E-state index in [1.165, 1.54) is 72.1 Å². The first kappa shape index (κ1) is 31.9. The van der Waals surface area contributed by atoms with Gasteiger partial charge in [0.1, 0.15) is 11.2 Å². The molecule has 2 aliphatic rings. The molecule has 0 bridgehead atoms. The third-order valence-corrected chi connectivity index (χ3v) is 12.3. The summed E-state index contributed by atoms with van der Waals surface area (Å²) in [5.41, 5.74) is 19.4. The molecule has 2 aliphatic carbocycles. The summed E-state index contributed by atoms with van der Waals surface area (Å²) in [7, 11) is 0. The van der Waals surface area contributed by atoms with Crippen LogP contribution >= 0.6 is 0 Å². The summed E-state index contributed by atoms with van der Waals surface area (Å²) in [5.74, 6) is 0. The second-order valence-corrected chi connectivity index (χ2v) is 15.1. The number of rotatable bonds is 4. The monoisotopic (exact) mass is 725 g/mol. The molecular formula is C55H35NO. The number of furan rings is 1. The van der Waals surface area contributed by atoms with Gasteiger partial charge < -0.3 is 9.32 Å². The zero-order valence-electron chi connectivity index (χ0n) is 31.1. The predicted molar refractivity (Wildman–Crippen MR) is 236 cm³/mol. The average Bonchev–Trinajstić information content (AvgIpc) is 3.78. The lowest BCUT2D eigenvalue weighted by atomic mass is 9.65. The third kappa shape index (κ3) is 4.47. The van der Waals surface area contributed by atoms with E-state index < -0.39 is 5.41 Å². The van der Waals surface area contributed by atoms with Crippen molar-refractivity contribution in [3.8, 4) is 44.5 Å². The van der Waals surface area contributed by atoms with Crippen LogP contribution in [0.3, 0.4) is 0 Å². The highest BCUT2D eigenvalue weighted by Crippen LogP contribution is 2.63. The summed E-state index contributed by atoms with van der Waals surface area (Å²) >= 11 is 0. The van der Waals surface area contributed by atoms with Gasteiger partial charge in [-0.15, -0.1) is 0 Å². The fourth-order valence-electron chi connectivity index (χ4n) is 10.1. The van der Waals surface area contributed by atoms with E-state index in [1.54, 1.807) is 0 Å². The van der Waals surface area contributed by atoms with E-state index in [1.807, 2.05) is 0 Å². The molecule has 0 radical (unpaired) electrons. The Kier molecular flexibility index (Phi) is 6.88. The summed E-state index contributed by atoms with van der Waals surface area (Å²) in [5, 5.41) is 2.32. The van der Waals surface area contributed by atoms with E-state index >= 15 is 0 Å². The maximum absolute atomic E-state index is 6.57. The zero-order valence-corrected chi connectivity index (χ0v) is 31.1. The smallest absolute Gasteiger partial charge is 0.136 e. The molecule has 1 unspecified atom stereocenters. The van der Waals surface area contributed by atoms with E-state index in [0.717, 1.165) is 33.6 Å². The Morgan fingerprint density at radius 3 is 1.70 bits per heavy atom. The quantitative estimate of drug-likeness (QED) is 0.180. The molecule has 10 aromatic rings. The van der Waals surface area contributed by atoms with Crippen molar-refractivity contribution in [2.45, 2.75) is 5.41 Å². The summed E-state index contributed by atoms with van der Waals surface area (Å²) in [6.07, 6.45) is 0. The maximum atomic E-state index is 6.57. The summed E-state index contributed by atoms with van der Waals surface area (Å²) in [6.45, 7) is 0. The van der Waals surface area contributed by atoms with Crippen molar-refractivity contribution >= 4 is 39.0 Å². The topological polar surface area (TPSA) is 16.4 Å². The molecule has 2 heteroatoms. The van der Waals surface area contributed by atoms with Crippen LogP contribution in [0.4, 0.5) is 17.1 Å². The summed E-state index contributed by atoms with van der Waals surface area (Å²) < 4.78 is 6.57. The minimum absolute atomic E-state index is 0.652. The third-order valence-electron chi connectivity index (χ3n) is 12.3. The van der Waals surface area contributed by atoms with Gasteiger partial charge in [0.25, 0.3) is 0 Å². The highest BCUT2D eigenvalue weighted by atomic mass is 16.3. The SMILES string of the molecule is c1ccc(-c2ccccc2N(c2ccccc2)c2ccc3c(c2)C2(c4ccccc4-c4ccccc4-3)c3ccccc3-c3c2ccc2oc4ccccc4c32)cc1. The van der Waals surface area contributed by atoms with Crippen molar-refractivity contribution in [1.29, 1.82) is 0 Å². The first-order valence-electron chi connectivity index (χ1n) is 19.7. The van der Waals surface area contributed by atoms with Gasteiger partial charge in [0, 0.05) is 27.7 Å². The van der Waals surface area contributed by atoms with Crippen LogP contribution in [-0.2, 0) is 5.41 Å². The Labute approximate surface area is 331 Å². The molecule has 0 amide bonds. The minimum Gasteiger partial charge on any atom is -0.456 e.